The SMILES string of the molecule is Cc1cc(-c2cccc3c2oc2ccccc23)c(C)cc1-c1cnc2c3ccccc3c3ccccc3c2n1.c1cc(-c2cccc(-c3cccc4c3oc3ccccc34)c2)cc(-c2cnc3c4ccccc4c4ccccc4c3n2)c1.c1ccc(-c2ccccc2-c2cccc3c2oc2ccccc23)c(-c2cnc3c4ccccc4c4ccccc4c3n2)c1. The van der Waals surface area contributed by atoms with Crippen molar-refractivity contribution >= 4 is 164 Å². The van der Waals surface area contributed by atoms with Crippen LogP contribution >= 0.6 is 0 Å². The van der Waals surface area contributed by atoms with E-state index in [0.29, 0.717) is 0 Å². The number of hydrogen-bond donors (Lipinski definition) is 0. The zero-order valence-electron chi connectivity index (χ0n) is 68.0. The van der Waals surface area contributed by atoms with E-state index in [1.165, 1.54) is 43.4 Å². The van der Waals surface area contributed by atoms with Crippen LogP contribution in [0.15, 0.2) is 414 Å². The van der Waals surface area contributed by atoms with Crippen LogP contribution in [0.2, 0.25) is 0 Å². The van der Waals surface area contributed by atoms with E-state index in [2.05, 4.69) is 360 Å². The largest absolute Gasteiger partial charge is 0.455 e. The van der Waals surface area contributed by atoms with Crippen LogP contribution in [0, 0.1) is 13.8 Å². The molecule has 9 nitrogen and oxygen atoms in total. The molecule has 9 heteroatoms. The first-order chi connectivity index (χ1) is 61.8. The van der Waals surface area contributed by atoms with Gasteiger partial charge in [-0.15, -0.1) is 0 Å². The standard InChI is InChI=1S/2C40H24N2O.C36H24N2O/c1-3-17-33-30(14-1)31-15-2-4-18-34(31)39-38(33)41-24-36(42-39)28-13-8-11-26(23-28)25-10-7-12-27(22-25)29-19-9-20-35-32-16-5-6-21-37(32)43-40(29)35;1-2-16-29(34-21-11-22-35-31-18-9-10-23-37(31)43-40(34)35)25(12-1)26-13-3-6-17-30(26)36-24-41-38-32-19-7-4-14-27(32)28-15-5-8-20-33(28)39(38)42-36;1-21-19-31(22(2)18-30(21)29-16-9-15-28-25-12-7-8-17-33(25)39-36(28)29)32-20-37-34-26-13-5-3-10-23(26)24-11-4-6-14-27(24)35(34)38-32/h2*1-24H;3-20H,1-2H3. The molecule has 0 aliphatic heterocycles. The Kier molecular flexibility index (Phi) is 17.2. The van der Waals surface area contributed by atoms with Crippen molar-refractivity contribution in [3.63, 3.8) is 0 Å². The molecule has 0 radical (unpaired) electrons. The highest BCUT2D eigenvalue weighted by Crippen LogP contribution is 2.47. The Bertz CT molecular complexity index is 8840. The number of benzene rings is 20. The van der Waals surface area contributed by atoms with E-state index in [-0.39, 0.29) is 0 Å². The first-order valence-corrected chi connectivity index (χ1v) is 42.3. The van der Waals surface area contributed by atoms with Crippen LogP contribution in [0.25, 0.3) is 253 Å². The second-order valence-electron chi connectivity index (χ2n) is 32.2. The minimum absolute atomic E-state index is 0.847. The molecule has 584 valence electrons. The molecule has 0 bridgehead atoms. The second kappa shape index (κ2) is 29.7. The van der Waals surface area contributed by atoms with E-state index in [1.807, 2.05) is 55.0 Å². The highest BCUT2D eigenvalue weighted by atomic mass is 16.3. The Morgan fingerprint density at radius 2 is 0.424 bits per heavy atom. The number of nitrogens with zero attached hydrogens (tertiary/aromatic N) is 6. The van der Waals surface area contributed by atoms with Gasteiger partial charge in [0, 0.05) is 98.0 Å². The van der Waals surface area contributed by atoms with Crippen LogP contribution in [-0.2, 0) is 0 Å². The summed E-state index contributed by atoms with van der Waals surface area (Å²) in [5, 5.41) is 20.7. The lowest BCUT2D eigenvalue weighted by Crippen LogP contribution is -1.95. The molecule has 0 amide bonds. The smallest absolute Gasteiger partial charge is 0.143 e. The summed E-state index contributed by atoms with van der Waals surface area (Å²) < 4.78 is 19.1. The van der Waals surface area contributed by atoms with Crippen molar-refractivity contribution in [2.24, 2.45) is 0 Å². The molecule has 6 aromatic heterocycles. The monoisotopic (exact) mass is 1600 g/mol. The fourth-order valence-corrected chi connectivity index (χ4v) is 19.2. The van der Waals surface area contributed by atoms with Gasteiger partial charge in [0.1, 0.15) is 33.5 Å². The van der Waals surface area contributed by atoms with Crippen LogP contribution in [0.1, 0.15) is 11.1 Å². The van der Waals surface area contributed by atoms with Crippen LogP contribution in [0.5, 0.6) is 0 Å². The molecule has 0 saturated heterocycles. The van der Waals surface area contributed by atoms with Crippen LogP contribution < -0.4 is 0 Å². The van der Waals surface area contributed by atoms with Gasteiger partial charge in [0.2, 0.25) is 0 Å². The first-order valence-electron chi connectivity index (χ1n) is 42.3. The third-order valence-corrected chi connectivity index (χ3v) is 25.0. The van der Waals surface area contributed by atoms with Crippen molar-refractivity contribution in [3.8, 4) is 89.4 Å². The highest BCUT2D eigenvalue weighted by molar-refractivity contribution is 6.26. The van der Waals surface area contributed by atoms with Crippen molar-refractivity contribution in [2.75, 3.05) is 0 Å². The van der Waals surface area contributed by atoms with E-state index in [9.17, 15) is 0 Å². The van der Waals surface area contributed by atoms with Gasteiger partial charge in [-0.2, -0.15) is 0 Å². The maximum absolute atomic E-state index is 6.45. The van der Waals surface area contributed by atoms with Crippen molar-refractivity contribution < 1.29 is 13.3 Å². The van der Waals surface area contributed by atoms with E-state index < -0.39 is 0 Å². The van der Waals surface area contributed by atoms with E-state index in [1.54, 1.807) is 0 Å². The first kappa shape index (κ1) is 72.4. The quantitative estimate of drug-likeness (QED) is 0.137. The van der Waals surface area contributed by atoms with Crippen LogP contribution in [-0.4, -0.2) is 29.9 Å². The summed E-state index contributed by atoms with van der Waals surface area (Å²) in [7, 11) is 0. The molecule has 26 aromatic rings. The summed E-state index contributed by atoms with van der Waals surface area (Å²) in [5.41, 5.74) is 30.3. The van der Waals surface area contributed by atoms with Gasteiger partial charge in [-0.25, -0.2) is 15.0 Å². The average Bonchev–Trinajstić information content (AvgIpc) is 1.01. The zero-order chi connectivity index (χ0) is 82.7. The van der Waals surface area contributed by atoms with Crippen molar-refractivity contribution in [2.45, 2.75) is 13.8 Å². The predicted octanol–water partition coefficient (Wildman–Crippen LogP) is 31.5. The number of para-hydroxylation sites is 6. The van der Waals surface area contributed by atoms with Crippen molar-refractivity contribution in [3.05, 3.63) is 412 Å². The molecular formula is C116H72N6O3. The number of aryl methyl sites for hydroxylation is 2. The Balaban J connectivity index is 0.000000105. The molecule has 0 unspecified atom stereocenters. The van der Waals surface area contributed by atoms with Gasteiger partial charge in [-0.1, -0.05) is 346 Å². The van der Waals surface area contributed by atoms with Gasteiger partial charge < -0.3 is 13.3 Å². The molecule has 0 aliphatic rings. The maximum atomic E-state index is 6.45. The van der Waals surface area contributed by atoms with Gasteiger partial charge in [-0.3, -0.25) is 15.0 Å². The summed E-state index contributed by atoms with van der Waals surface area (Å²) in [6, 6.07) is 134. The van der Waals surface area contributed by atoms with Gasteiger partial charge in [-0.05, 0) is 133 Å². The Morgan fingerprint density at radius 1 is 0.168 bits per heavy atom. The predicted molar refractivity (Wildman–Crippen MR) is 518 cm³/mol. The summed E-state index contributed by atoms with van der Waals surface area (Å²) in [6.45, 7) is 4.32. The van der Waals surface area contributed by atoms with Crippen LogP contribution in [0.4, 0.5) is 0 Å². The highest BCUT2D eigenvalue weighted by Gasteiger charge is 2.24. The molecule has 0 atom stereocenters. The molecule has 0 saturated carbocycles. The van der Waals surface area contributed by atoms with Gasteiger partial charge in [0.05, 0.1) is 68.8 Å². The second-order valence-corrected chi connectivity index (χ2v) is 32.2. The molecule has 0 aliphatic carbocycles. The molecule has 125 heavy (non-hydrogen) atoms. The molecule has 0 fully saturated rings. The third-order valence-electron chi connectivity index (χ3n) is 25.0. The number of hydrogen-bond acceptors (Lipinski definition) is 9. The fourth-order valence-electron chi connectivity index (χ4n) is 19.2. The molecule has 6 heterocycles. The molecule has 0 N–H and O–H groups in total. The third kappa shape index (κ3) is 12.1. The van der Waals surface area contributed by atoms with Crippen molar-refractivity contribution in [1.82, 2.24) is 29.9 Å². The minimum Gasteiger partial charge on any atom is -0.455 e. The average molecular weight is 1600 g/mol. The van der Waals surface area contributed by atoms with Gasteiger partial charge in [0.15, 0.2) is 0 Å². The molecule has 20 aromatic carbocycles. The normalized spacial score (nSPS) is 11.8. The molecular weight excluding hydrogens is 1530 g/mol. The minimum atomic E-state index is 0.847. The Hall–Kier alpha value is -16.6. The topological polar surface area (TPSA) is 117 Å². The fraction of sp³-hybridized carbons (Fsp3) is 0.0172. The Labute approximate surface area is 717 Å². The number of aromatic nitrogens is 6. The van der Waals surface area contributed by atoms with Crippen molar-refractivity contribution in [1.29, 1.82) is 0 Å². The van der Waals surface area contributed by atoms with E-state index in [4.69, 9.17) is 43.2 Å². The van der Waals surface area contributed by atoms with Gasteiger partial charge >= 0.3 is 0 Å². The van der Waals surface area contributed by atoms with Gasteiger partial charge in [0.25, 0.3) is 0 Å². The molecule has 26 rings (SSSR count). The summed E-state index contributed by atoms with van der Waals surface area (Å²) in [6.07, 6.45) is 5.75. The lowest BCUT2D eigenvalue weighted by Gasteiger charge is -2.15. The summed E-state index contributed by atoms with van der Waals surface area (Å²) >= 11 is 0. The number of rotatable bonds is 8. The summed E-state index contributed by atoms with van der Waals surface area (Å²) in [5.74, 6) is 0. The maximum Gasteiger partial charge on any atom is 0.143 e. The lowest BCUT2D eigenvalue weighted by atomic mass is 9.90. The van der Waals surface area contributed by atoms with E-state index >= 15 is 0 Å². The van der Waals surface area contributed by atoms with Crippen LogP contribution in [0.3, 0.4) is 0 Å². The Morgan fingerprint density at radius 3 is 0.856 bits per heavy atom. The number of furan rings is 3. The molecule has 0 spiro atoms. The zero-order valence-corrected chi connectivity index (χ0v) is 68.0. The van der Waals surface area contributed by atoms with E-state index in [0.717, 1.165) is 221 Å². The summed E-state index contributed by atoms with van der Waals surface area (Å²) in [4.78, 5) is 30.7. The number of fused-ring (bicyclic) bond motifs is 27. The lowest BCUT2D eigenvalue weighted by molar-refractivity contribution is 0.669.